The van der Waals surface area contributed by atoms with Gasteiger partial charge in [-0.1, -0.05) is 29.8 Å². The lowest BCUT2D eigenvalue weighted by molar-refractivity contribution is 0.414. The molecule has 0 bridgehead atoms. The van der Waals surface area contributed by atoms with Crippen LogP contribution in [0.1, 0.15) is 26.7 Å². The van der Waals surface area contributed by atoms with Gasteiger partial charge in [-0.2, -0.15) is 0 Å². The van der Waals surface area contributed by atoms with E-state index in [1.807, 2.05) is 12.1 Å². The first-order valence-corrected chi connectivity index (χ1v) is 6.49. The molecule has 0 atom stereocenters. The average molecular weight is 286 g/mol. The monoisotopic (exact) mass is 285 g/mol. The van der Waals surface area contributed by atoms with Gasteiger partial charge in [-0.05, 0) is 30.9 Å². The van der Waals surface area contributed by atoms with Crippen LogP contribution in [0.2, 0.25) is 0 Å². The minimum absolute atomic E-state index is 0.777. The number of methoxy groups -OCH3 is 1. The molecule has 1 aromatic rings. The van der Waals surface area contributed by atoms with Crippen LogP contribution >= 0.6 is 15.9 Å². The van der Waals surface area contributed by atoms with Gasteiger partial charge in [0, 0.05) is 22.8 Å². The molecular formula is C13H20BrNO. The van der Waals surface area contributed by atoms with E-state index >= 15 is 0 Å². The molecule has 0 fully saturated rings. The Kier molecular flexibility index (Phi) is 5.67. The van der Waals surface area contributed by atoms with Gasteiger partial charge in [-0.25, -0.2) is 0 Å². The minimum atomic E-state index is 0.777. The van der Waals surface area contributed by atoms with Crippen molar-refractivity contribution in [2.45, 2.75) is 26.7 Å². The molecule has 0 saturated heterocycles. The summed E-state index contributed by atoms with van der Waals surface area (Å²) >= 11 is 3.47. The highest BCUT2D eigenvalue weighted by Gasteiger charge is 1.99. The molecule has 0 amide bonds. The van der Waals surface area contributed by atoms with Crippen molar-refractivity contribution in [2.24, 2.45) is 5.92 Å². The summed E-state index contributed by atoms with van der Waals surface area (Å²) in [7, 11) is 1.68. The molecule has 90 valence electrons. The highest BCUT2D eigenvalue weighted by Crippen LogP contribution is 2.24. The first-order chi connectivity index (χ1) is 7.61. The van der Waals surface area contributed by atoms with Crippen LogP contribution in [-0.4, -0.2) is 13.7 Å². The van der Waals surface area contributed by atoms with Crippen molar-refractivity contribution in [3.63, 3.8) is 0 Å². The van der Waals surface area contributed by atoms with Crippen molar-refractivity contribution in [2.75, 3.05) is 19.0 Å². The van der Waals surface area contributed by atoms with Gasteiger partial charge in [0.2, 0.25) is 0 Å². The fourth-order valence-electron chi connectivity index (χ4n) is 1.53. The predicted octanol–water partition coefficient (Wildman–Crippen LogP) is 4.31. The maximum absolute atomic E-state index is 5.21. The third-order valence-electron chi connectivity index (χ3n) is 2.39. The van der Waals surface area contributed by atoms with Crippen molar-refractivity contribution in [3.8, 4) is 5.75 Å². The van der Waals surface area contributed by atoms with E-state index in [-0.39, 0.29) is 0 Å². The molecule has 0 heterocycles. The molecule has 3 heteroatoms. The molecule has 0 aliphatic heterocycles. The van der Waals surface area contributed by atoms with E-state index in [2.05, 4.69) is 41.2 Å². The van der Waals surface area contributed by atoms with Crippen LogP contribution in [-0.2, 0) is 0 Å². The Morgan fingerprint density at radius 3 is 2.69 bits per heavy atom. The number of hydrogen-bond acceptors (Lipinski definition) is 2. The van der Waals surface area contributed by atoms with Gasteiger partial charge in [0.1, 0.15) is 5.75 Å². The maximum Gasteiger partial charge on any atom is 0.122 e. The SMILES string of the molecule is COc1cc(Br)cc(NCCCC(C)C)c1. The Balaban J connectivity index is 2.44. The molecule has 0 aliphatic carbocycles. The summed E-state index contributed by atoms with van der Waals surface area (Å²) in [5.74, 6) is 1.65. The number of benzene rings is 1. The quantitative estimate of drug-likeness (QED) is 0.787. The molecule has 0 aromatic heterocycles. The topological polar surface area (TPSA) is 21.3 Å². The average Bonchev–Trinajstić information content (AvgIpc) is 2.23. The first kappa shape index (κ1) is 13.4. The van der Waals surface area contributed by atoms with Crippen LogP contribution in [0.4, 0.5) is 5.69 Å². The van der Waals surface area contributed by atoms with Crippen LogP contribution < -0.4 is 10.1 Å². The van der Waals surface area contributed by atoms with Gasteiger partial charge in [0.25, 0.3) is 0 Å². The Morgan fingerprint density at radius 1 is 1.31 bits per heavy atom. The Morgan fingerprint density at radius 2 is 2.06 bits per heavy atom. The molecule has 1 N–H and O–H groups in total. The summed E-state index contributed by atoms with van der Waals surface area (Å²) in [6.45, 7) is 5.52. The number of halogens is 1. The van der Waals surface area contributed by atoms with Gasteiger partial charge < -0.3 is 10.1 Å². The normalized spacial score (nSPS) is 10.6. The molecule has 1 aromatic carbocycles. The number of anilines is 1. The molecule has 0 radical (unpaired) electrons. The van der Waals surface area contributed by atoms with Gasteiger partial charge in [0.05, 0.1) is 7.11 Å². The Hall–Kier alpha value is -0.700. The molecule has 0 spiro atoms. The highest BCUT2D eigenvalue weighted by molar-refractivity contribution is 9.10. The van der Waals surface area contributed by atoms with Gasteiger partial charge in [-0.3, -0.25) is 0 Å². The van der Waals surface area contributed by atoms with Crippen LogP contribution in [0.5, 0.6) is 5.75 Å². The summed E-state index contributed by atoms with van der Waals surface area (Å²) in [6, 6.07) is 6.04. The first-order valence-electron chi connectivity index (χ1n) is 5.70. The minimum Gasteiger partial charge on any atom is -0.497 e. The van der Waals surface area contributed by atoms with Crippen molar-refractivity contribution in [1.29, 1.82) is 0 Å². The van der Waals surface area contributed by atoms with E-state index in [0.29, 0.717) is 0 Å². The number of nitrogens with one attached hydrogen (secondary N) is 1. The van der Waals surface area contributed by atoms with Crippen LogP contribution in [0.15, 0.2) is 22.7 Å². The lowest BCUT2D eigenvalue weighted by Gasteiger charge is -2.10. The zero-order valence-electron chi connectivity index (χ0n) is 10.2. The highest BCUT2D eigenvalue weighted by atomic mass is 79.9. The number of ether oxygens (including phenoxy) is 1. The molecule has 16 heavy (non-hydrogen) atoms. The van der Waals surface area contributed by atoms with Crippen molar-refractivity contribution in [1.82, 2.24) is 0 Å². The largest absolute Gasteiger partial charge is 0.497 e. The summed E-state index contributed by atoms with van der Waals surface area (Å²) in [5.41, 5.74) is 1.11. The molecule has 0 unspecified atom stereocenters. The van der Waals surface area contributed by atoms with Crippen LogP contribution in [0, 0.1) is 5.92 Å². The molecular weight excluding hydrogens is 266 g/mol. The van der Waals surface area contributed by atoms with Crippen LogP contribution in [0.3, 0.4) is 0 Å². The maximum atomic E-state index is 5.21. The number of hydrogen-bond donors (Lipinski definition) is 1. The molecule has 0 aliphatic rings. The third kappa shape index (κ3) is 4.88. The van der Waals surface area contributed by atoms with E-state index in [1.165, 1.54) is 12.8 Å². The smallest absolute Gasteiger partial charge is 0.122 e. The predicted molar refractivity (Wildman–Crippen MR) is 73.3 cm³/mol. The second-order valence-electron chi connectivity index (χ2n) is 4.34. The van der Waals surface area contributed by atoms with Gasteiger partial charge in [0.15, 0.2) is 0 Å². The van der Waals surface area contributed by atoms with E-state index in [0.717, 1.165) is 28.4 Å². The van der Waals surface area contributed by atoms with E-state index < -0.39 is 0 Å². The summed E-state index contributed by atoms with van der Waals surface area (Å²) in [6.07, 6.45) is 2.46. The molecule has 0 saturated carbocycles. The summed E-state index contributed by atoms with van der Waals surface area (Å²) < 4.78 is 6.25. The van der Waals surface area contributed by atoms with E-state index in [4.69, 9.17) is 4.74 Å². The van der Waals surface area contributed by atoms with Crippen molar-refractivity contribution < 1.29 is 4.74 Å². The summed E-state index contributed by atoms with van der Waals surface area (Å²) in [5, 5.41) is 3.41. The van der Waals surface area contributed by atoms with Crippen LogP contribution in [0.25, 0.3) is 0 Å². The molecule has 2 nitrogen and oxygen atoms in total. The Bertz CT molecular complexity index is 326. The fraction of sp³-hybridized carbons (Fsp3) is 0.538. The van der Waals surface area contributed by atoms with Gasteiger partial charge >= 0.3 is 0 Å². The standard InChI is InChI=1S/C13H20BrNO/c1-10(2)5-4-6-15-12-7-11(14)8-13(9-12)16-3/h7-10,15H,4-6H2,1-3H3. The second-order valence-corrected chi connectivity index (χ2v) is 5.26. The van der Waals surface area contributed by atoms with E-state index in [9.17, 15) is 0 Å². The summed E-state index contributed by atoms with van der Waals surface area (Å²) in [4.78, 5) is 0. The van der Waals surface area contributed by atoms with E-state index in [1.54, 1.807) is 7.11 Å². The number of rotatable bonds is 6. The van der Waals surface area contributed by atoms with Crippen molar-refractivity contribution in [3.05, 3.63) is 22.7 Å². The third-order valence-corrected chi connectivity index (χ3v) is 2.85. The lowest BCUT2D eigenvalue weighted by atomic mass is 10.1. The lowest BCUT2D eigenvalue weighted by Crippen LogP contribution is -2.03. The molecule has 1 rings (SSSR count). The fourth-order valence-corrected chi connectivity index (χ4v) is 2.00. The zero-order chi connectivity index (χ0) is 12.0. The van der Waals surface area contributed by atoms with Gasteiger partial charge in [-0.15, -0.1) is 0 Å². The zero-order valence-corrected chi connectivity index (χ0v) is 11.8. The Labute approximate surface area is 107 Å². The second kappa shape index (κ2) is 6.79. The van der Waals surface area contributed by atoms with Crippen molar-refractivity contribution >= 4 is 21.6 Å².